The van der Waals surface area contributed by atoms with Crippen molar-refractivity contribution in [3.05, 3.63) is 35.5 Å². The Kier molecular flexibility index (Phi) is 4.05. The summed E-state index contributed by atoms with van der Waals surface area (Å²) < 4.78 is 0. The summed E-state index contributed by atoms with van der Waals surface area (Å²) in [6.45, 7) is 8.96. The third kappa shape index (κ3) is 2.56. The highest BCUT2D eigenvalue weighted by atomic mass is 16.1. The number of aryl methyl sites for hydroxylation is 1. The molecule has 0 aliphatic heterocycles. The molecule has 3 heteroatoms. The number of aromatic nitrogens is 1. The average Bonchev–Trinajstić information content (AvgIpc) is 2.70. The molecule has 1 aromatic heterocycles. The van der Waals surface area contributed by atoms with E-state index >= 15 is 0 Å². The van der Waals surface area contributed by atoms with Crippen molar-refractivity contribution in [1.82, 2.24) is 10.3 Å². The summed E-state index contributed by atoms with van der Waals surface area (Å²) in [4.78, 5) is 16.1. The molecule has 0 aliphatic rings. The van der Waals surface area contributed by atoms with Crippen LogP contribution in [0.15, 0.2) is 24.3 Å². The van der Waals surface area contributed by atoms with Crippen LogP contribution in [0.2, 0.25) is 0 Å². The van der Waals surface area contributed by atoms with E-state index in [1.807, 2.05) is 38.1 Å². The molecule has 0 saturated heterocycles. The Bertz CT molecular complexity index is 583. The first-order chi connectivity index (χ1) is 9.06. The number of Topliss-reactive ketones (excluding diaryl/α,β-unsaturated/α-hetero) is 1. The first-order valence-electron chi connectivity index (χ1n) is 6.91. The van der Waals surface area contributed by atoms with Crippen molar-refractivity contribution in [2.75, 3.05) is 6.54 Å². The Morgan fingerprint density at radius 1 is 1.32 bits per heavy atom. The van der Waals surface area contributed by atoms with Gasteiger partial charge in [0.05, 0.1) is 6.04 Å². The summed E-state index contributed by atoms with van der Waals surface area (Å²) in [5, 5.41) is 4.32. The second kappa shape index (κ2) is 5.57. The fraction of sp³-hybridized carbons (Fsp3) is 0.438. The van der Waals surface area contributed by atoms with Crippen LogP contribution in [-0.2, 0) is 0 Å². The number of ketones is 1. The monoisotopic (exact) mass is 258 g/mol. The minimum Gasteiger partial charge on any atom is -0.358 e. The van der Waals surface area contributed by atoms with Gasteiger partial charge in [0.2, 0.25) is 0 Å². The molecule has 0 radical (unpaired) electrons. The van der Waals surface area contributed by atoms with Crippen LogP contribution in [-0.4, -0.2) is 23.4 Å². The molecule has 0 amide bonds. The van der Waals surface area contributed by atoms with E-state index in [1.165, 1.54) is 0 Å². The molecule has 102 valence electrons. The van der Waals surface area contributed by atoms with Crippen molar-refractivity contribution in [3.63, 3.8) is 0 Å². The number of fused-ring (bicyclic) bond motifs is 1. The Morgan fingerprint density at radius 2 is 2.00 bits per heavy atom. The van der Waals surface area contributed by atoms with Crippen LogP contribution in [0.5, 0.6) is 0 Å². The van der Waals surface area contributed by atoms with Crippen molar-refractivity contribution in [1.29, 1.82) is 0 Å². The summed E-state index contributed by atoms with van der Waals surface area (Å²) in [5.41, 5.74) is 2.81. The first-order valence-corrected chi connectivity index (χ1v) is 6.91. The van der Waals surface area contributed by atoms with Gasteiger partial charge in [-0.1, -0.05) is 39.0 Å². The minimum atomic E-state index is -0.122. The second-order valence-electron chi connectivity index (χ2n) is 5.31. The highest BCUT2D eigenvalue weighted by molar-refractivity contribution is 6.11. The molecule has 0 spiro atoms. The third-order valence-electron chi connectivity index (χ3n) is 3.51. The zero-order chi connectivity index (χ0) is 14.0. The number of hydrogen-bond donors (Lipinski definition) is 2. The van der Waals surface area contributed by atoms with Crippen LogP contribution in [0, 0.1) is 12.8 Å². The number of likely N-dealkylation sites (N-methyl/N-ethyl adjacent to an activating group) is 1. The van der Waals surface area contributed by atoms with Gasteiger partial charge in [-0.3, -0.25) is 4.79 Å². The van der Waals surface area contributed by atoms with Crippen molar-refractivity contribution in [2.24, 2.45) is 5.92 Å². The van der Waals surface area contributed by atoms with Crippen LogP contribution in [0.4, 0.5) is 0 Å². The number of para-hydroxylation sites is 1. The largest absolute Gasteiger partial charge is 0.358 e. The highest BCUT2D eigenvalue weighted by Crippen LogP contribution is 2.24. The molecule has 19 heavy (non-hydrogen) atoms. The van der Waals surface area contributed by atoms with Crippen LogP contribution < -0.4 is 5.32 Å². The quantitative estimate of drug-likeness (QED) is 0.808. The molecule has 0 fully saturated rings. The van der Waals surface area contributed by atoms with Gasteiger partial charge in [-0.2, -0.15) is 0 Å². The van der Waals surface area contributed by atoms with Crippen LogP contribution in [0.1, 0.15) is 36.8 Å². The van der Waals surface area contributed by atoms with E-state index in [9.17, 15) is 4.79 Å². The Labute approximate surface area is 114 Å². The van der Waals surface area contributed by atoms with E-state index in [4.69, 9.17) is 0 Å². The normalized spacial score (nSPS) is 13.1. The van der Waals surface area contributed by atoms with Crippen molar-refractivity contribution in [2.45, 2.75) is 33.7 Å². The van der Waals surface area contributed by atoms with Gasteiger partial charge < -0.3 is 10.3 Å². The standard InChI is InChI=1S/C16H22N2O/c1-5-17-15(10(2)3)16(19)14-11(4)18-13-9-7-6-8-12(13)14/h6-10,15,17-18H,5H2,1-4H3. The smallest absolute Gasteiger partial charge is 0.182 e. The molecule has 2 rings (SSSR count). The molecule has 1 heterocycles. The minimum absolute atomic E-state index is 0.122. The maximum Gasteiger partial charge on any atom is 0.182 e. The summed E-state index contributed by atoms with van der Waals surface area (Å²) in [7, 11) is 0. The van der Waals surface area contributed by atoms with E-state index < -0.39 is 0 Å². The summed E-state index contributed by atoms with van der Waals surface area (Å²) in [6.07, 6.45) is 0. The SMILES string of the molecule is CCNC(C(=O)c1c(C)[nH]c2ccccc12)C(C)C. The lowest BCUT2D eigenvalue weighted by atomic mass is 9.93. The molecule has 0 saturated carbocycles. The molecule has 0 aliphatic carbocycles. The zero-order valence-corrected chi connectivity index (χ0v) is 12.1. The lowest BCUT2D eigenvalue weighted by molar-refractivity contribution is 0.0919. The predicted molar refractivity (Wildman–Crippen MR) is 79.7 cm³/mol. The summed E-state index contributed by atoms with van der Waals surface area (Å²) >= 11 is 0. The number of benzene rings is 1. The second-order valence-corrected chi connectivity index (χ2v) is 5.31. The van der Waals surface area contributed by atoms with E-state index in [1.54, 1.807) is 0 Å². The molecule has 2 N–H and O–H groups in total. The first kappa shape index (κ1) is 13.8. The van der Waals surface area contributed by atoms with Gasteiger partial charge in [-0.15, -0.1) is 0 Å². The van der Waals surface area contributed by atoms with Gasteiger partial charge in [-0.25, -0.2) is 0 Å². The van der Waals surface area contributed by atoms with E-state index in [-0.39, 0.29) is 17.7 Å². The molecule has 1 unspecified atom stereocenters. The highest BCUT2D eigenvalue weighted by Gasteiger charge is 2.26. The molecule has 1 aromatic carbocycles. The lowest BCUT2D eigenvalue weighted by Gasteiger charge is -2.20. The number of carbonyl (C=O) groups excluding carboxylic acids is 1. The maximum absolute atomic E-state index is 12.8. The number of H-pyrrole nitrogens is 1. The summed E-state index contributed by atoms with van der Waals surface area (Å²) in [6, 6.07) is 7.86. The van der Waals surface area contributed by atoms with Crippen LogP contribution in [0.25, 0.3) is 10.9 Å². The maximum atomic E-state index is 12.8. The molecule has 2 aromatic rings. The molecule has 1 atom stereocenters. The van der Waals surface area contributed by atoms with Crippen LogP contribution in [0.3, 0.4) is 0 Å². The van der Waals surface area contributed by atoms with Crippen molar-refractivity contribution in [3.8, 4) is 0 Å². The van der Waals surface area contributed by atoms with Crippen molar-refractivity contribution >= 4 is 16.7 Å². The van der Waals surface area contributed by atoms with Gasteiger partial charge in [0, 0.05) is 22.2 Å². The number of rotatable bonds is 5. The number of hydrogen-bond acceptors (Lipinski definition) is 2. The molecular weight excluding hydrogens is 236 g/mol. The van der Waals surface area contributed by atoms with Gasteiger partial charge in [-0.05, 0) is 25.5 Å². The van der Waals surface area contributed by atoms with E-state index in [2.05, 4.69) is 24.1 Å². The fourth-order valence-electron chi connectivity index (χ4n) is 2.60. The topological polar surface area (TPSA) is 44.9 Å². The van der Waals surface area contributed by atoms with Crippen molar-refractivity contribution < 1.29 is 4.79 Å². The number of aromatic amines is 1. The van der Waals surface area contributed by atoms with E-state index in [0.29, 0.717) is 0 Å². The Balaban J connectivity index is 2.48. The number of nitrogens with one attached hydrogen (secondary N) is 2. The van der Waals surface area contributed by atoms with Gasteiger partial charge in [0.1, 0.15) is 0 Å². The third-order valence-corrected chi connectivity index (χ3v) is 3.51. The lowest BCUT2D eigenvalue weighted by Crippen LogP contribution is -2.41. The number of carbonyl (C=O) groups is 1. The molecular formula is C16H22N2O. The Hall–Kier alpha value is -1.61. The summed E-state index contributed by atoms with van der Waals surface area (Å²) in [5.74, 6) is 0.465. The zero-order valence-electron chi connectivity index (χ0n) is 12.1. The van der Waals surface area contributed by atoms with Gasteiger partial charge in [0.15, 0.2) is 5.78 Å². The Morgan fingerprint density at radius 3 is 2.63 bits per heavy atom. The van der Waals surface area contributed by atoms with E-state index in [0.717, 1.165) is 28.7 Å². The predicted octanol–water partition coefficient (Wildman–Crippen LogP) is 3.29. The average molecular weight is 258 g/mol. The van der Waals surface area contributed by atoms with Gasteiger partial charge in [0.25, 0.3) is 0 Å². The van der Waals surface area contributed by atoms with Gasteiger partial charge >= 0.3 is 0 Å². The fourth-order valence-corrected chi connectivity index (χ4v) is 2.60. The molecule has 3 nitrogen and oxygen atoms in total. The molecule has 0 bridgehead atoms. The van der Waals surface area contributed by atoms with Crippen LogP contribution >= 0.6 is 0 Å².